The van der Waals surface area contributed by atoms with Crippen LogP contribution in [-0.4, -0.2) is 50.5 Å². The Morgan fingerprint density at radius 1 is 1.00 bits per heavy atom. The molecule has 39 heavy (non-hydrogen) atoms. The highest BCUT2D eigenvalue weighted by atomic mass is 35.5. The lowest BCUT2D eigenvalue weighted by molar-refractivity contribution is -0.139. The lowest BCUT2D eigenvalue weighted by Gasteiger charge is -2.32. The fourth-order valence-corrected chi connectivity index (χ4v) is 5.92. The minimum absolute atomic E-state index is 0.0451. The zero-order valence-electron chi connectivity index (χ0n) is 22.6. The van der Waals surface area contributed by atoms with Crippen LogP contribution in [0.3, 0.4) is 0 Å². The van der Waals surface area contributed by atoms with E-state index in [0.717, 1.165) is 21.2 Å². The van der Waals surface area contributed by atoms with Gasteiger partial charge in [-0.15, -0.1) is 11.8 Å². The van der Waals surface area contributed by atoms with Gasteiger partial charge in [-0.3, -0.25) is 13.9 Å². The Balaban J connectivity index is 2.02. The summed E-state index contributed by atoms with van der Waals surface area (Å²) in [5, 5.41) is 3.28. The van der Waals surface area contributed by atoms with Gasteiger partial charge in [-0.25, -0.2) is 8.42 Å². The number of amides is 2. The maximum absolute atomic E-state index is 13.9. The Morgan fingerprint density at radius 2 is 1.64 bits per heavy atom. The number of nitrogens with one attached hydrogen (secondary N) is 1. The number of halogens is 1. The molecule has 0 saturated heterocycles. The first-order valence-corrected chi connectivity index (χ1v) is 15.7. The molecule has 1 N–H and O–H groups in total. The molecule has 1 unspecified atom stereocenters. The molecule has 0 bridgehead atoms. The Kier molecular flexibility index (Phi) is 10.9. The van der Waals surface area contributed by atoms with Crippen molar-refractivity contribution in [1.82, 2.24) is 10.2 Å². The molecule has 3 rings (SSSR count). The minimum Gasteiger partial charge on any atom is -0.354 e. The Bertz CT molecular complexity index is 1380. The molecule has 7 nitrogen and oxygen atoms in total. The Labute approximate surface area is 240 Å². The molecule has 208 valence electrons. The van der Waals surface area contributed by atoms with Crippen LogP contribution in [0.2, 0.25) is 5.02 Å². The van der Waals surface area contributed by atoms with Gasteiger partial charge in [-0.1, -0.05) is 54.4 Å². The monoisotopic (exact) mass is 587 g/mol. The summed E-state index contributed by atoms with van der Waals surface area (Å²) in [5.41, 5.74) is 1.96. The van der Waals surface area contributed by atoms with E-state index in [4.69, 9.17) is 11.6 Å². The van der Waals surface area contributed by atoms with Crippen LogP contribution in [0.15, 0.2) is 82.6 Å². The van der Waals surface area contributed by atoms with Crippen molar-refractivity contribution in [2.24, 2.45) is 0 Å². The number of aryl methyl sites for hydroxylation is 1. The third-order valence-electron chi connectivity index (χ3n) is 6.26. The first-order chi connectivity index (χ1) is 18.6. The van der Waals surface area contributed by atoms with Gasteiger partial charge in [0, 0.05) is 23.0 Å². The second-order valence-electron chi connectivity index (χ2n) is 9.10. The van der Waals surface area contributed by atoms with E-state index in [2.05, 4.69) is 5.32 Å². The lowest BCUT2D eigenvalue weighted by atomic mass is 10.1. The van der Waals surface area contributed by atoms with Crippen LogP contribution in [0.4, 0.5) is 5.69 Å². The number of nitrogens with zero attached hydrogens (tertiary/aromatic N) is 2. The summed E-state index contributed by atoms with van der Waals surface area (Å²) in [6, 6.07) is 19.7. The Morgan fingerprint density at radius 3 is 2.23 bits per heavy atom. The number of benzene rings is 3. The number of hydrogen-bond acceptors (Lipinski definition) is 5. The van der Waals surface area contributed by atoms with Crippen LogP contribution in [0.1, 0.15) is 31.4 Å². The summed E-state index contributed by atoms with van der Waals surface area (Å²) in [6.45, 7) is 5.48. The molecule has 0 radical (unpaired) electrons. The van der Waals surface area contributed by atoms with Crippen LogP contribution in [0.25, 0.3) is 0 Å². The van der Waals surface area contributed by atoms with Gasteiger partial charge in [-0.2, -0.15) is 0 Å². The maximum Gasteiger partial charge on any atom is 0.264 e. The number of rotatable bonds is 12. The second-order valence-corrected chi connectivity index (χ2v) is 12.3. The van der Waals surface area contributed by atoms with Crippen molar-refractivity contribution < 1.29 is 18.0 Å². The fourth-order valence-electron chi connectivity index (χ4n) is 3.90. The standard InChI is InChI=1S/C29H34ClN3O4S2/c1-5-18-31-29(35)22(3)32(19-23-8-6-7-9-27(23)30)28(34)20-33(24-12-10-21(2)11-13-24)39(36,37)26-16-14-25(38-4)15-17-26/h6-17,22H,5,18-20H2,1-4H3,(H,31,35). The van der Waals surface area contributed by atoms with E-state index in [9.17, 15) is 18.0 Å². The van der Waals surface area contributed by atoms with Gasteiger partial charge >= 0.3 is 0 Å². The van der Waals surface area contributed by atoms with Crippen LogP contribution >= 0.6 is 23.4 Å². The first kappa shape index (κ1) is 30.5. The molecule has 0 aliphatic heterocycles. The summed E-state index contributed by atoms with van der Waals surface area (Å²) in [6.07, 6.45) is 2.65. The summed E-state index contributed by atoms with van der Waals surface area (Å²) < 4.78 is 28.9. The van der Waals surface area contributed by atoms with E-state index >= 15 is 0 Å². The van der Waals surface area contributed by atoms with Crippen LogP contribution < -0.4 is 9.62 Å². The molecule has 10 heteroatoms. The maximum atomic E-state index is 13.9. The minimum atomic E-state index is -4.11. The van der Waals surface area contributed by atoms with Crippen molar-refractivity contribution in [2.75, 3.05) is 23.7 Å². The zero-order valence-corrected chi connectivity index (χ0v) is 24.9. The largest absolute Gasteiger partial charge is 0.354 e. The molecular weight excluding hydrogens is 554 g/mol. The second kappa shape index (κ2) is 13.9. The molecule has 0 saturated carbocycles. The van der Waals surface area contributed by atoms with Gasteiger partial charge in [0.2, 0.25) is 11.8 Å². The van der Waals surface area contributed by atoms with E-state index in [0.29, 0.717) is 22.8 Å². The van der Waals surface area contributed by atoms with Gasteiger partial charge in [0.1, 0.15) is 12.6 Å². The number of hydrogen-bond donors (Lipinski definition) is 1. The third kappa shape index (κ3) is 7.77. The molecule has 2 amide bonds. The highest BCUT2D eigenvalue weighted by Gasteiger charge is 2.32. The SMILES string of the molecule is CCCNC(=O)C(C)N(Cc1ccccc1Cl)C(=O)CN(c1ccc(C)cc1)S(=O)(=O)c1ccc(SC)cc1. The van der Waals surface area contributed by atoms with Gasteiger partial charge in [0.15, 0.2) is 0 Å². The molecule has 0 aliphatic carbocycles. The summed E-state index contributed by atoms with van der Waals surface area (Å²) in [5.74, 6) is -0.853. The summed E-state index contributed by atoms with van der Waals surface area (Å²) in [7, 11) is -4.11. The number of carbonyl (C=O) groups is 2. The molecule has 0 aliphatic rings. The van der Waals surface area contributed by atoms with Crippen LogP contribution in [0.5, 0.6) is 0 Å². The Hall–Kier alpha value is -3.01. The van der Waals surface area contributed by atoms with Crippen LogP contribution in [0, 0.1) is 6.92 Å². The topological polar surface area (TPSA) is 86.8 Å². The third-order valence-corrected chi connectivity index (χ3v) is 9.16. The van der Waals surface area contributed by atoms with Gasteiger partial charge < -0.3 is 10.2 Å². The zero-order chi connectivity index (χ0) is 28.6. The van der Waals surface area contributed by atoms with E-state index in [1.807, 2.05) is 20.1 Å². The number of thioether (sulfide) groups is 1. The van der Waals surface area contributed by atoms with Crippen molar-refractivity contribution in [3.05, 3.63) is 88.9 Å². The average Bonchev–Trinajstić information content (AvgIpc) is 2.94. The summed E-state index contributed by atoms with van der Waals surface area (Å²) in [4.78, 5) is 29.2. The highest BCUT2D eigenvalue weighted by molar-refractivity contribution is 7.98. The highest BCUT2D eigenvalue weighted by Crippen LogP contribution is 2.27. The number of anilines is 1. The van der Waals surface area contributed by atoms with E-state index in [1.165, 1.54) is 28.8 Å². The van der Waals surface area contributed by atoms with E-state index in [-0.39, 0.29) is 17.3 Å². The van der Waals surface area contributed by atoms with Gasteiger partial charge in [-0.05, 0) is 74.6 Å². The van der Waals surface area contributed by atoms with Crippen molar-refractivity contribution in [2.45, 2.75) is 49.6 Å². The predicted octanol–water partition coefficient (Wildman–Crippen LogP) is 5.51. The number of carbonyl (C=O) groups excluding carboxylic acids is 2. The molecule has 0 heterocycles. The molecule has 0 aromatic heterocycles. The number of sulfonamides is 1. The molecule has 0 fully saturated rings. The molecule has 3 aromatic carbocycles. The van der Waals surface area contributed by atoms with Crippen molar-refractivity contribution >= 4 is 50.9 Å². The van der Waals surface area contributed by atoms with Gasteiger partial charge in [0.25, 0.3) is 10.0 Å². The molecule has 0 spiro atoms. The lowest BCUT2D eigenvalue weighted by Crippen LogP contribution is -2.51. The van der Waals surface area contributed by atoms with Crippen molar-refractivity contribution in [3.63, 3.8) is 0 Å². The fraction of sp³-hybridized carbons (Fsp3) is 0.310. The van der Waals surface area contributed by atoms with E-state index in [1.54, 1.807) is 67.6 Å². The van der Waals surface area contributed by atoms with E-state index < -0.39 is 28.5 Å². The molecular formula is C29H34ClN3O4S2. The summed E-state index contributed by atoms with van der Waals surface area (Å²) >= 11 is 7.89. The normalized spacial score (nSPS) is 12.0. The van der Waals surface area contributed by atoms with Crippen molar-refractivity contribution in [1.29, 1.82) is 0 Å². The molecule has 1 atom stereocenters. The smallest absolute Gasteiger partial charge is 0.264 e. The van der Waals surface area contributed by atoms with Crippen molar-refractivity contribution in [3.8, 4) is 0 Å². The molecule has 3 aromatic rings. The predicted molar refractivity (Wildman–Crippen MR) is 159 cm³/mol. The quantitative estimate of drug-likeness (QED) is 0.282. The first-order valence-electron chi connectivity index (χ1n) is 12.6. The van der Waals surface area contributed by atoms with Gasteiger partial charge in [0.05, 0.1) is 10.6 Å². The average molecular weight is 588 g/mol. The van der Waals surface area contributed by atoms with Crippen LogP contribution in [-0.2, 0) is 26.2 Å².